The van der Waals surface area contributed by atoms with E-state index in [0.29, 0.717) is 0 Å². The number of hydrogen-bond acceptors (Lipinski definition) is 4. The lowest BCUT2D eigenvalue weighted by molar-refractivity contribution is -0.133. The van der Waals surface area contributed by atoms with Gasteiger partial charge in [-0.3, -0.25) is 4.79 Å². The van der Waals surface area contributed by atoms with E-state index in [-0.39, 0.29) is 17.4 Å². The van der Waals surface area contributed by atoms with Crippen molar-refractivity contribution in [3.63, 3.8) is 0 Å². The Balaban J connectivity index is 2.36. The van der Waals surface area contributed by atoms with Crippen LogP contribution in [0.25, 0.3) is 0 Å². The van der Waals surface area contributed by atoms with E-state index in [1.807, 2.05) is 6.20 Å². The molecule has 0 aromatic carbocycles. The second-order valence-electron chi connectivity index (χ2n) is 5.02. The van der Waals surface area contributed by atoms with E-state index in [0.717, 1.165) is 30.3 Å². The van der Waals surface area contributed by atoms with E-state index in [9.17, 15) is 4.79 Å². The number of carboxylic acids is 1. The topological polar surface area (TPSA) is 64.3 Å². The van der Waals surface area contributed by atoms with Crippen molar-refractivity contribution in [3.8, 4) is 0 Å². The van der Waals surface area contributed by atoms with Gasteiger partial charge in [0, 0.05) is 18.5 Å². The number of hydrogen-bond donors (Lipinski definition) is 1. The second kappa shape index (κ2) is 5.54. The first-order chi connectivity index (χ1) is 8.99. The highest BCUT2D eigenvalue weighted by molar-refractivity contribution is 7.99. The Labute approximate surface area is 117 Å². The minimum absolute atomic E-state index is 0.0332. The van der Waals surface area contributed by atoms with Crippen molar-refractivity contribution in [2.24, 2.45) is 0 Å². The SMILES string of the molecule is CCc1cnc(SCC(=O)O)n1C1(C)CCOC1C. The largest absolute Gasteiger partial charge is 0.481 e. The van der Waals surface area contributed by atoms with Gasteiger partial charge in [-0.1, -0.05) is 18.7 Å². The van der Waals surface area contributed by atoms with Crippen molar-refractivity contribution in [1.82, 2.24) is 9.55 Å². The summed E-state index contributed by atoms with van der Waals surface area (Å²) in [5, 5.41) is 9.61. The summed E-state index contributed by atoms with van der Waals surface area (Å²) in [6, 6.07) is 0. The zero-order valence-corrected chi connectivity index (χ0v) is 12.4. The third-order valence-electron chi connectivity index (χ3n) is 3.85. The molecule has 19 heavy (non-hydrogen) atoms. The monoisotopic (exact) mass is 284 g/mol. The van der Waals surface area contributed by atoms with Crippen LogP contribution in [-0.4, -0.2) is 39.1 Å². The van der Waals surface area contributed by atoms with E-state index in [1.165, 1.54) is 11.8 Å². The maximum absolute atomic E-state index is 10.7. The molecule has 2 atom stereocenters. The summed E-state index contributed by atoms with van der Waals surface area (Å²) < 4.78 is 7.88. The van der Waals surface area contributed by atoms with Gasteiger partial charge in [0.25, 0.3) is 0 Å². The van der Waals surface area contributed by atoms with E-state index in [2.05, 4.69) is 30.3 Å². The van der Waals surface area contributed by atoms with Crippen LogP contribution in [0.5, 0.6) is 0 Å². The van der Waals surface area contributed by atoms with Crippen LogP contribution in [0.3, 0.4) is 0 Å². The molecule has 1 N–H and O–H groups in total. The van der Waals surface area contributed by atoms with E-state index >= 15 is 0 Å². The van der Waals surface area contributed by atoms with Gasteiger partial charge in [0.15, 0.2) is 5.16 Å². The maximum Gasteiger partial charge on any atom is 0.313 e. The fourth-order valence-electron chi connectivity index (χ4n) is 2.51. The Morgan fingerprint density at radius 3 is 3.00 bits per heavy atom. The predicted molar refractivity (Wildman–Crippen MR) is 73.6 cm³/mol. The van der Waals surface area contributed by atoms with Crippen molar-refractivity contribution < 1.29 is 14.6 Å². The number of aromatic nitrogens is 2. The molecule has 0 spiro atoms. The Hall–Kier alpha value is -1.01. The Bertz CT molecular complexity index is 474. The Kier molecular flexibility index (Phi) is 4.20. The molecule has 5 nitrogen and oxygen atoms in total. The number of aliphatic carboxylic acids is 1. The van der Waals surface area contributed by atoms with Crippen molar-refractivity contribution in [2.45, 2.75) is 50.4 Å². The lowest BCUT2D eigenvalue weighted by Crippen LogP contribution is -2.38. The van der Waals surface area contributed by atoms with E-state index < -0.39 is 5.97 Å². The molecule has 2 rings (SSSR count). The molecule has 0 amide bonds. The molecule has 0 saturated carbocycles. The van der Waals surface area contributed by atoms with Gasteiger partial charge in [-0.25, -0.2) is 4.98 Å². The summed E-state index contributed by atoms with van der Waals surface area (Å²) in [6.07, 6.45) is 3.76. The second-order valence-corrected chi connectivity index (χ2v) is 5.97. The average Bonchev–Trinajstić information content (AvgIpc) is 2.92. The van der Waals surface area contributed by atoms with Crippen LogP contribution in [0, 0.1) is 0 Å². The summed E-state index contributed by atoms with van der Waals surface area (Å²) in [6.45, 7) is 7.06. The number of thioether (sulfide) groups is 1. The summed E-state index contributed by atoms with van der Waals surface area (Å²) >= 11 is 1.28. The molecule has 6 heteroatoms. The zero-order chi connectivity index (χ0) is 14.0. The first kappa shape index (κ1) is 14.4. The van der Waals surface area contributed by atoms with Gasteiger partial charge in [0.05, 0.1) is 17.4 Å². The van der Waals surface area contributed by atoms with Gasteiger partial charge in [0.2, 0.25) is 0 Å². The molecule has 1 aliphatic rings. The molecule has 2 heterocycles. The van der Waals surface area contributed by atoms with Gasteiger partial charge in [0.1, 0.15) is 0 Å². The fourth-order valence-corrected chi connectivity index (χ4v) is 3.35. The Morgan fingerprint density at radius 2 is 2.47 bits per heavy atom. The lowest BCUT2D eigenvalue weighted by atomic mass is 9.94. The fraction of sp³-hybridized carbons (Fsp3) is 0.692. The zero-order valence-electron chi connectivity index (χ0n) is 11.5. The number of aryl methyl sites for hydroxylation is 1. The summed E-state index contributed by atoms with van der Waals surface area (Å²) in [5.74, 6) is -0.788. The molecule has 1 aromatic heterocycles. The van der Waals surface area contributed by atoms with Crippen LogP contribution < -0.4 is 0 Å². The highest BCUT2D eigenvalue weighted by atomic mass is 32.2. The van der Waals surface area contributed by atoms with Gasteiger partial charge in [-0.05, 0) is 26.7 Å². The third-order valence-corrected chi connectivity index (χ3v) is 4.79. The lowest BCUT2D eigenvalue weighted by Gasteiger charge is -2.32. The van der Waals surface area contributed by atoms with Crippen molar-refractivity contribution in [2.75, 3.05) is 12.4 Å². The van der Waals surface area contributed by atoms with Crippen LogP contribution in [0.2, 0.25) is 0 Å². The standard InChI is InChI=1S/C13H20N2O3S/c1-4-10-7-14-12(19-8-11(16)17)15(10)13(3)5-6-18-9(13)2/h7,9H,4-6,8H2,1-3H3,(H,16,17). The Morgan fingerprint density at radius 1 is 1.74 bits per heavy atom. The van der Waals surface area contributed by atoms with Gasteiger partial charge in [-0.2, -0.15) is 0 Å². The molecule has 1 saturated heterocycles. The average molecular weight is 284 g/mol. The van der Waals surface area contributed by atoms with Gasteiger partial charge >= 0.3 is 5.97 Å². The number of carboxylic acid groups (broad SMARTS) is 1. The number of carbonyl (C=O) groups is 1. The number of imidazole rings is 1. The van der Waals surface area contributed by atoms with Crippen molar-refractivity contribution >= 4 is 17.7 Å². The molecule has 2 unspecified atom stereocenters. The van der Waals surface area contributed by atoms with Crippen molar-refractivity contribution in [3.05, 3.63) is 11.9 Å². The van der Waals surface area contributed by atoms with Crippen LogP contribution >= 0.6 is 11.8 Å². The van der Waals surface area contributed by atoms with E-state index in [4.69, 9.17) is 9.84 Å². The van der Waals surface area contributed by atoms with Crippen LogP contribution in [0.1, 0.15) is 32.9 Å². The number of rotatable bonds is 5. The first-order valence-electron chi connectivity index (χ1n) is 6.52. The molecule has 1 aliphatic heterocycles. The van der Waals surface area contributed by atoms with Crippen LogP contribution in [-0.2, 0) is 21.5 Å². The molecule has 0 aliphatic carbocycles. The minimum atomic E-state index is -0.821. The molecular weight excluding hydrogens is 264 g/mol. The molecule has 0 bridgehead atoms. The number of nitrogens with zero attached hydrogens (tertiary/aromatic N) is 2. The quantitative estimate of drug-likeness (QED) is 0.839. The predicted octanol–water partition coefficient (Wildman–Crippen LogP) is 2.15. The van der Waals surface area contributed by atoms with Crippen LogP contribution in [0.15, 0.2) is 11.4 Å². The first-order valence-corrected chi connectivity index (χ1v) is 7.51. The molecule has 1 fully saturated rings. The molecule has 106 valence electrons. The maximum atomic E-state index is 10.7. The minimum Gasteiger partial charge on any atom is -0.481 e. The highest BCUT2D eigenvalue weighted by Gasteiger charge is 2.41. The van der Waals surface area contributed by atoms with Crippen molar-refractivity contribution in [1.29, 1.82) is 0 Å². The number of ether oxygens (including phenoxy) is 1. The molecule has 0 radical (unpaired) electrons. The van der Waals surface area contributed by atoms with Gasteiger partial charge in [-0.15, -0.1) is 0 Å². The van der Waals surface area contributed by atoms with Gasteiger partial charge < -0.3 is 14.4 Å². The van der Waals surface area contributed by atoms with E-state index in [1.54, 1.807) is 0 Å². The van der Waals surface area contributed by atoms with Crippen LogP contribution in [0.4, 0.5) is 0 Å². The third kappa shape index (κ3) is 2.65. The summed E-state index contributed by atoms with van der Waals surface area (Å²) in [4.78, 5) is 15.1. The molecular formula is C13H20N2O3S. The molecule has 1 aromatic rings. The summed E-state index contributed by atoms with van der Waals surface area (Å²) in [7, 11) is 0. The normalized spacial score (nSPS) is 26.8. The smallest absolute Gasteiger partial charge is 0.313 e. The highest BCUT2D eigenvalue weighted by Crippen LogP contribution is 2.37. The summed E-state index contributed by atoms with van der Waals surface area (Å²) in [5.41, 5.74) is 0.996.